The third-order valence-electron chi connectivity index (χ3n) is 5.73. The number of anilines is 2. The molecule has 4 heterocycles. The molecular formula is C23H25F2N5O5S. The number of nitrogens with one attached hydrogen (secondary N) is 2. The average molecular weight is 522 g/mol. The number of morpholine rings is 1. The molecule has 2 bridgehead atoms. The normalized spacial score (nSPS) is 19.2. The van der Waals surface area contributed by atoms with Gasteiger partial charge in [-0.1, -0.05) is 23.5 Å². The van der Waals surface area contributed by atoms with Crippen LogP contribution in [0.2, 0.25) is 0 Å². The molecule has 2 aliphatic heterocycles. The topological polar surface area (TPSA) is 122 Å². The Kier molecular flexibility index (Phi) is 6.53. The van der Waals surface area contributed by atoms with Crippen LogP contribution in [0.4, 0.5) is 24.7 Å². The first-order chi connectivity index (χ1) is 17.2. The maximum absolute atomic E-state index is 12.6. The van der Waals surface area contributed by atoms with Crippen molar-refractivity contribution in [2.45, 2.75) is 44.6 Å². The molecule has 3 aromatic rings. The Balaban J connectivity index is 1.35. The SMILES string of the molecule is CC(C)(O)CNC(=O)Nc1nc2c(s1)[C@@H]1COC[C@H](C2)N1c1ncc(-c2cccc(OC(F)F)c2)o1. The predicted octanol–water partition coefficient (Wildman–Crippen LogP) is 3.79. The highest BCUT2D eigenvalue weighted by atomic mass is 32.1. The molecule has 2 atom stereocenters. The van der Waals surface area contributed by atoms with Gasteiger partial charge in [-0.3, -0.25) is 5.32 Å². The van der Waals surface area contributed by atoms with E-state index in [2.05, 4.69) is 25.3 Å². The highest BCUT2D eigenvalue weighted by Crippen LogP contribution is 2.44. The molecule has 13 heteroatoms. The first-order valence-electron chi connectivity index (χ1n) is 11.3. The summed E-state index contributed by atoms with van der Waals surface area (Å²) in [7, 11) is 0. The number of carbonyl (C=O) groups is 1. The zero-order chi connectivity index (χ0) is 25.4. The van der Waals surface area contributed by atoms with E-state index in [1.54, 1.807) is 32.2 Å². The number of amides is 2. The maximum Gasteiger partial charge on any atom is 0.387 e. The number of ether oxygens (including phenoxy) is 2. The first kappa shape index (κ1) is 24.4. The Bertz CT molecular complexity index is 1240. The lowest BCUT2D eigenvalue weighted by atomic mass is 9.97. The number of halogens is 2. The van der Waals surface area contributed by atoms with Crippen LogP contribution in [0.1, 0.15) is 30.5 Å². The number of aliphatic hydroxyl groups is 1. The predicted molar refractivity (Wildman–Crippen MR) is 128 cm³/mol. The second-order valence-electron chi connectivity index (χ2n) is 9.18. The van der Waals surface area contributed by atoms with Gasteiger partial charge in [0.15, 0.2) is 10.9 Å². The van der Waals surface area contributed by atoms with Crippen molar-refractivity contribution in [2.75, 3.05) is 30.0 Å². The Morgan fingerprint density at radius 1 is 1.39 bits per heavy atom. The molecule has 3 N–H and O–H groups in total. The molecule has 1 saturated heterocycles. The fourth-order valence-electron chi connectivity index (χ4n) is 4.21. The molecule has 5 rings (SSSR count). The van der Waals surface area contributed by atoms with Gasteiger partial charge in [0.05, 0.1) is 47.7 Å². The van der Waals surface area contributed by atoms with Crippen molar-refractivity contribution in [2.24, 2.45) is 0 Å². The van der Waals surface area contributed by atoms with E-state index in [9.17, 15) is 18.7 Å². The van der Waals surface area contributed by atoms with E-state index in [-0.39, 0.29) is 24.4 Å². The number of benzene rings is 1. The van der Waals surface area contributed by atoms with Crippen LogP contribution in [0.15, 0.2) is 34.9 Å². The number of aromatic nitrogens is 2. The molecule has 2 aromatic heterocycles. The number of urea groups is 1. The fraction of sp³-hybridized carbons (Fsp3) is 0.435. The molecule has 1 aromatic carbocycles. The molecule has 0 radical (unpaired) electrons. The van der Waals surface area contributed by atoms with Gasteiger partial charge in [-0.05, 0) is 26.0 Å². The second-order valence-corrected chi connectivity index (χ2v) is 10.2. The lowest BCUT2D eigenvalue weighted by molar-refractivity contribution is -0.0498. The lowest BCUT2D eigenvalue weighted by Gasteiger charge is -2.43. The summed E-state index contributed by atoms with van der Waals surface area (Å²) >= 11 is 1.35. The standard InChI is InChI=1S/C23H25F2N5O5S/c1-23(2,32)11-27-20(31)29-21-28-15-7-13-9-33-10-16(18(15)36-21)30(13)22-26-8-17(35-22)12-4-3-5-14(6-12)34-19(24)25/h3-6,8,13,16,19,32H,7,9-11H2,1-2H3,(H2,27,28,29,31)/t13-,16-/m0/s1. The quantitative estimate of drug-likeness (QED) is 0.429. The molecule has 0 saturated carbocycles. The van der Waals surface area contributed by atoms with Gasteiger partial charge >= 0.3 is 12.6 Å². The van der Waals surface area contributed by atoms with Crippen molar-refractivity contribution in [3.63, 3.8) is 0 Å². The van der Waals surface area contributed by atoms with Crippen molar-refractivity contribution >= 4 is 28.5 Å². The number of thiazole rings is 1. The summed E-state index contributed by atoms with van der Waals surface area (Å²) < 4.78 is 41.5. The number of hydrogen-bond donors (Lipinski definition) is 3. The lowest BCUT2D eigenvalue weighted by Crippen LogP contribution is -2.51. The maximum atomic E-state index is 12.6. The number of rotatable bonds is 7. The van der Waals surface area contributed by atoms with Crippen molar-refractivity contribution in [1.29, 1.82) is 0 Å². The summed E-state index contributed by atoms with van der Waals surface area (Å²) in [5.41, 5.74) is 0.420. The van der Waals surface area contributed by atoms with E-state index in [1.807, 2.05) is 4.90 Å². The summed E-state index contributed by atoms with van der Waals surface area (Å²) in [6.45, 7) is 1.24. The molecule has 0 aliphatic carbocycles. The zero-order valence-corrected chi connectivity index (χ0v) is 20.3. The summed E-state index contributed by atoms with van der Waals surface area (Å²) in [6, 6.07) is 5.91. The minimum atomic E-state index is -2.92. The highest BCUT2D eigenvalue weighted by molar-refractivity contribution is 7.16. The summed E-state index contributed by atoms with van der Waals surface area (Å²) in [6.07, 6.45) is 2.13. The van der Waals surface area contributed by atoms with Gasteiger partial charge in [-0.15, -0.1) is 0 Å². The van der Waals surface area contributed by atoms with Crippen molar-refractivity contribution in [3.8, 4) is 17.1 Å². The van der Waals surface area contributed by atoms with Crippen LogP contribution in [-0.2, 0) is 11.2 Å². The zero-order valence-electron chi connectivity index (χ0n) is 19.5. The molecule has 0 unspecified atom stereocenters. The first-order valence-corrected chi connectivity index (χ1v) is 12.1. The van der Waals surface area contributed by atoms with E-state index in [1.165, 1.54) is 23.5 Å². The highest BCUT2D eigenvalue weighted by Gasteiger charge is 2.42. The number of oxazole rings is 1. The smallest absolute Gasteiger partial charge is 0.387 e. The Labute approximate surface area is 209 Å². The number of nitrogens with zero attached hydrogens (tertiary/aromatic N) is 3. The van der Waals surface area contributed by atoms with Crippen molar-refractivity contribution in [3.05, 3.63) is 41.0 Å². The van der Waals surface area contributed by atoms with Crippen molar-refractivity contribution < 1.29 is 32.6 Å². The molecule has 2 aliphatic rings. The Hall–Kier alpha value is -3.29. The second kappa shape index (κ2) is 9.64. The molecule has 192 valence electrons. The number of carbonyl (C=O) groups excluding carboxylic acids is 1. The van der Waals surface area contributed by atoms with Crippen LogP contribution in [0.25, 0.3) is 11.3 Å². The minimum Gasteiger partial charge on any atom is -0.435 e. The van der Waals surface area contributed by atoms with Gasteiger partial charge in [0.1, 0.15) is 5.75 Å². The van der Waals surface area contributed by atoms with Gasteiger partial charge in [-0.2, -0.15) is 8.78 Å². The average Bonchev–Trinajstić information content (AvgIpc) is 3.44. The summed E-state index contributed by atoms with van der Waals surface area (Å²) in [5.74, 6) is 0.453. The third kappa shape index (κ3) is 5.27. The minimum absolute atomic E-state index is 0.0320. The van der Waals surface area contributed by atoms with Crippen LogP contribution in [0.5, 0.6) is 5.75 Å². The van der Waals surface area contributed by atoms with Crippen LogP contribution in [-0.4, -0.2) is 59.1 Å². The molecule has 0 spiro atoms. The van der Waals surface area contributed by atoms with Gasteiger partial charge in [0.2, 0.25) is 0 Å². The monoisotopic (exact) mass is 521 g/mol. The summed E-state index contributed by atoms with van der Waals surface area (Å²) in [4.78, 5) is 24.3. The Morgan fingerprint density at radius 2 is 2.22 bits per heavy atom. The van der Waals surface area contributed by atoms with Crippen LogP contribution in [0.3, 0.4) is 0 Å². The fourth-order valence-corrected chi connectivity index (χ4v) is 5.28. The van der Waals surface area contributed by atoms with E-state index in [0.29, 0.717) is 42.1 Å². The van der Waals surface area contributed by atoms with E-state index >= 15 is 0 Å². The van der Waals surface area contributed by atoms with Gasteiger partial charge in [0, 0.05) is 18.5 Å². The summed E-state index contributed by atoms with van der Waals surface area (Å²) in [5, 5.41) is 15.6. The van der Waals surface area contributed by atoms with E-state index in [4.69, 9.17) is 9.15 Å². The Morgan fingerprint density at radius 3 is 3.00 bits per heavy atom. The molecule has 36 heavy (non-hydrogen) atoms. The van der Waals surface area contributed by atoms with E-state index in [0.717, 1.165) is 10.6 Å². The number of fused-ring (bicyclic) bond motifs is 4. The van der Waals surface area contributed by atoms with Gasteiger partial charge in [-0.25, -0.2) is 14.8 Å². The molecular weight excluding hydrogens is 496 g/mol. The third-order valence-corrected chi connectivity index (χ3v) is 6.85. The van der Waals surface area contributed by atoms with Crippen molar-refractivity contribution in [1.82, 2.24) is 15.3 Å². The number of alkyl halides is 2. The molecule has 10 nitrogen and oxygen atoms in total. The largest absolute Gasteiger partial charge is 0.435 e. The van der Waals surface area contributed by atoms with Crippen LogP contribution < -0.4 is 20.3 Å². The van der Waals surface area contributed by atoms with Gasteiger partial charge in [0.25, 0.3) is 6.01 Å². The van der Waals surface area contributed by atoms with Gasteiger partial charge < -0.3 is 29.2 Å². The van der Waals surface area contributed by atoms with Crippen LogP contribution in [0, 0.1) is 0 Å². The van der Waals surface area contributed by atoms with Crippen LogP contribution >= 0.6 is 11.3 Å². The molecule has 1 fully saturated rings. The number of hydrogen-bond acceptors (Lipinski definition) is 9. The molecule has 2 amide bonds. The van der Waals surface area contributed by atoms with E-state index < -0.39 is 18.2 Å².